The largest absolute Gasteiger partial charge is 0.486 e. The Hall–Kier alpha value is -1.75. The first-order valence-electron chi connectivity index (χ1n) is 9.75. The van der Waals surface area contributed by atoms with Crippen LogP contribution in [0.2, 0.25) is 0 Å². The molecular formula is C20H28N2O3. The molecule has 0 aromatic heterocycles. The summed E-state index contributed by atoms with van der Waals surface area (Å²) in [7, 11) is 0. The van der Waals surface area contributed by atoms with E-state index in [0.717, 1.165) is 12.6 Å². The minimum atomic E-state index is -0.0576. The van der Waals surface area contributed by atoms with Crippen molar-refractivity contribution in [2.75, 3.05) is 26.3 Å². The molecule has 1 aliphatic carbocycles. The van der Waals surface area contributed by atoms with Gasteiger partial charge in [-0.3, -0.25) is 9.69 Å². The van der Waals surface area contributed by atoms with Crippen molar-refractivity contribution in [3.63, 3.8) is 0 Å². The highest BCUT2D eigenvalue weighted by Gasteiger charge is 2.31. The molecule has 0 bridgehead atoms. The molecule has 1 aromatic carbocycles. The van der Waals surface area contributed by atoms with E-state index < -0.39 is 0 Å². The van der Waals surface area contributed by atoms with Crippen LogP contribution in [-0.4, -0.2) is 49.2 Å². The highest BCUT2D eigenvalue weighted by Crippen LogP contribution is 2.33. The second kappa shape index (κ2) is 7.65. The van der Waals surface area contributed by atoms with E-state index in [1.54, 1.807) is 0 Å². The molecule has 3 aliphatic rings. The molecule has 25 heavy (non-hydrogen) atoms. The molecule has 1 amide bonds. The van der Waals surface area contributed by atoms with Gasteiger partial charge in [0.15, 0.2) is 11.5 Å². The van der Waals surface area contributed by atoms with Gasteiger partial charge in [0.05, 0.1) is 5.56 Å². The minimum Gasteiger partial charge on any atom is -0.486 e. The summed E-state index contributed by atoms with van der Waals surface area (Å²) >= 11 is 0. The van der Waals surface area contributed by atoms with Gasteiger partial charge in [0.1, 0.15) is 13.2 Å². The van der Waals surface area contributed by atoms with Gasteiger partial charge in [-0.1, -0.05) is 25.3 Å². The Bertz CT molecular complexity index is 613. The van der Waals surface area contributed by atoms with Gasteiger partial charge in [0, 0.05) is 18.6 Å². The number of fused-ring (bicyclic) bond motifs is 1. The quantitative estimate of drug-likeness (QED) is 0.912. The van der Waals surface area contributed by atoms with Crippen LogP contribution in [0.15, 0.2) is 18.2 Å². The second-order valence-corrected chi connectivity index (χ2v) is 7.37. The van der Waals surface area contributed by atoms with Crippen LogP contribution in [0.4, 0.5) is 0 Å². The number of hydrogen-bond acceptors (Lipinski definition) is 4. The average Bonchev–Trinajstić information content (AvgIpc) is 3.15. The van der Waals surface area contributed by atoms with Crippen LogP contribution in [0, 0.1) is 0 Å². The van der Waals surface area contributed by atoms with Crippen LogP contribution in [-0.2, 0) is 0 Å². The fraction of sp³-hybridized carbons (Fsp3) is 0.650. The van der Waals surface area contributed by atoms with Crippen molar-refractivity contribution in [1.29, 1.82) is 0 Å². The molecule has 2 fully saturated rings. The van der Waals surface area contributed by atoms with Gasteiger partial charge in [0.25, 0.3) is 5.91 Å². The summed E-state index contributed by atoms with van der Waals surface area (Å²) in [6.07, 6.45) is 9.16. The fourth-order valence-corrected chi connectivity index (χ4v) is 4.53. The Morgan fingerprint density at radius 2 is 1.92 bits per heavy atom. The van der Waals surface area contributed by atoms with Gasteiger partial charge in [-0.25, -0.2) is 0 Å². The van der Waals surface area contributed by atoms with Gasteiger partial charge in [-0.05, 0) is 44.4 Å². The van der Waals surface area contributed by atoms with Crippen molar-refractivity contribution in [1.82, 2.24) is 10.2 Å². The molecule has 0 spiro atoms. The molecule has 1 saturated heterocycles. The number of carbonyl (C=O) groups is 1. The van der Waals surface area contributed by atoms with Crippen molar-refractivity contribution in [3.8, 4) is 11.5 Å². The van der Waals surface area contributed by atoms with E-state index >= 15 is 0 Å². The lowest BCUT2D eigenvalue weighted by molar-refractivity contribution is 0.0910. The second-order valence-electron chi connectivity index (χ2n) is 7.37. The van der Waals surface area contributed by atoms with Gasteiger partial charge >= 0.3 is 0 Å². The third-order valence-corrected chi connectivity index (χ3v) is 5.78. The first-order valence-corrected chi connectivity index (χ1v) is 9.75. The number of benzene rings is 1. The van der Waals surface area contributed by atoms with Gasteiger partial charge < -0.3 is 14.8 Å². The number of ether oxygens (including phenoxy) is 2. The molecule has 1 unspecified atom stereocenters. The molecule has 0 radical (unpaired) electrons. The van der Waals surface area contributed by atoms with E-state index in [2.05, 4.69) is 10.2 Å². The fourth-order valence-electron chi connectivity index (χ4n) is 4.53. The maximum atomic E-state index is 12.7. The van der Waals surface area contributed by atoms with Crippen molar-refractivity contribution in [2.24, 2.45) is 0 Å². The Balaban J connectivity index is 1.38. The summed E-state index contributed by atoms with van der Waals surface area (Å²) < 4.78 is 11.2. The predicted molar refractivity (Wildman–Crippen MR) is 96.4 cm³/mol. The number of likely N-dealkylation sites (tertiary alicyclic amines) is 1. The van der Waals surface area contributed by atoms with Gasteiger partial charge in [-0.2, -0.15) is 0 Å². The molecule has 2 heterocycles. The maximum absolute atomic E-state index is 12.7. The lowest BCUT2D eigenvalue weighted by Gasteiger charge is -2.35. The summed E-state index contributed by atoms with van der Waals surface area (Å²) in [5.74, 6) is 1.20. The summed E-state index contributed by atoms with van der Waals surface area (Å²) in [5, 5.41) is 3.14. The first kappa shape index (κ1) is 16.7. The van der Waals surface area contributed by atoms with Crippen molar-refractivity contribution < 1.29 is 14.3 Å². The zero-order valence-electron chi connectivity index (χ0n) is 14.8. The Labute approximate surface area is 149 Å². The zero-order chi connectivity index (χ0) is 17.1. The normalized spacial score (nSPS) is 24.2. The number of hydrogen-bond donors (Lipinski definition) is 1. The van der Waals surface area contributed by atoms with E-state index in [-0.39, 0.29) is 5.91 Å². The number of carbonyl (C=O) groups excluding carboxylic acids is 1. The van der Waals surface area contributed by atoms with Crippen LogP contribution in [0.1, 0.15) is 55.3 Å². The van der Waals surface area contributed by atoms with Crippen LogP contribution >= 0.6 is 0 Å². The molecule has 1 aromatic rings. The third kappa shape index (κ3) is 3.61. The summed E-state index contributed by atoms with van der Waals surface area (Å²) in [6.45, 7) is 2.94. The Kier molecular flexibility index (Phi) is 5.11. The average molecular weight is 344 g/mol. The van der Waals surface area contributed by atoms with Gasteiger partial charge in [0.2, 0.25) is 0 Å². The highest BCUT2D eigenvalue weighted by molar-refractivity contribution is 5.97. The molecule has 1 saturated carbocycles. The molecular weight excluding hydrogens is 316 g/mol. The van der Waals surface area contributed by atoms with Crippen molar-refractivity contribution in [3.05, 3.63) is 23.8 Å². The molecule has 5 nitrogen and oxygen atoms in total. The summed E-state index contributed by atoms with van der Waals surface area (Å²) in [4.78, 5) is 15.3. The molecule has 136 valence electrons. The number of nitrogens with one attached hydrogen (secondary N) is 1. The molecule has 2 aliphatic heterocycles. The van der Waals surface area contributed by atoms with Crippen LogP contribution < -0.4 is 14.8 Å². The number of amides is 1. The van der Waals surface area contributed by atoms with Gasteiger partial charge in [-0.15, -0.1) is 0 Å². The molecule has 5 heteroatoms. The topological polar surface area (TPSA) is 50.8 Å². The maximum Gasteiger partial charge on any atom is 0.255 e. The monoisotopic (exact) mass is 344 g/mol. The Morgan fingerprint density at radius 3 is 2.80 bits per heavy atom. The summed E-state index contributed by atoms with van der Waals surface area (Å²) in [6, 6.07) is 6.72. The number of nitrogens with zero attached hydrogens (tertiary/aromatic N) is 1. The van der Waals surface area contributed by atoms with Crippen LogP contribution in [0.5, 0.6) is 11.5 Å². The van der Waals surface area contributed by atoms with Crippen molar-refractivity contribution in [2.45, 2.75) is 57.0 Å². The SMILES string of the molecule is O=C(NCC1CCCN1C1CCCCC1)c1cccc2c1OCCO2. The van der Waals surface area contributed by atoms with E-state index in [4.69, 9.17) is 9.47 Å². The van der Waals surface area contributed by atoms with Crippen molar-refractivity contribution >= 4 is 5.91 Å². The number of para-hydroxylation sites is 1. The molecule has 1 atom stereocenters. The summed E-state index contributed by atoms with van der Waals surface area (Å²) in [5.41, 5.74) is 0.583. The number of rotatable bonds is 4. The van der Waals surface area contributed by atoms with E-state index in [9.17, 15) is 4.79 Å². The lowest BCUT2D eigenvalue weighted by Crippen LogP contribution is -2.45. The van der Waals surface area contributed by atoms with E-state index in [1.165, 1.54) is 51.5 Å². The predicted octanol–water partition coefficient (Wildman–Crippen LogP) is 2.98. The minimum absolute atomic E-state index is 0.0576. The molecule has 1 N–H and O–H groups in total. The smallest absolute Gasteiger partial charge is 0.255 e. The van der Waals surface area contributed by atoms with E-state index in [1.807, 2.05) is 18.2 Å². The zero-order valence-corrected chi connectivity index (χ0v) is 14.8. The van der Waals surface area contributed by atoms with E-state index in [0.29, 0.717) is 36.3 Å². The van der Waals surface area contributed by atoms with Crippen LogP contribution in [0.3, 0.4) is 0 Å². The first-order chi connectivity index (χ1) is 12.3. The lowest BCUT2D eigenvalue weighted by atomic mass is 9.94. The molecule has 4 rings (SSSR count). The third-order valence-electron chi connectivity index (χ3n) is 5.78. The Morgan fingerprint density at radius 1 is 1.08 bits per heavy atom. The standard InChI is InChI=1S/C20H28N2O3/c23-20(17-9-4-10-18-19(17)25-13-12-24-18)21-14-16-8-5-11-22(16)15-6-2-1-3-7-15/h4,9-10,15-16H,1-3,5-8,11-14H2,(H,21,23). The van der Waals surface area contributed by atoms with Crippen LogP contribution in [0.25, 0.3) is 0 Å². The highest BCUT2D eigenvalue weighted by atomic mass is 16.6.